The summed E-state index contributed by atoms with van der Waals surface area (Å²) in [6.45, 7) is 4.54. The highest BCUT2D eigenvalue weighted by Gasteiger charge is 2.05. The zero-order valence-electron chi connectivity index (χ0n) is 9.33. The monoisotopic (exact) mass is 262 g/mol. The van der Waals surface area contributed by atoms with Gasteiger partial charge >= 0.3 is 0 Å². The van der Waals surface area contributed by atoms with Crippen molar-refractivity contribution in [2.45, 2.75) is 32.8 Å². The summed E-state index contributed by atoms with van der Waals surface area (Å²) in [5, 5.41) is 3.22. The van der Waals surface area contributed by atoms with Crippen molar-refractivity contribution >= 4 is 34.0 Å². The van der Waals surface area contributed by atoms with Gasteiger partial charge in [-0.2, -0.15) is 0 Å². The summed E-state index contributed by atoms with van der Waals surface area (Å²) in [6, 6.07) is 0. The maximum absolute atomic E-state index is 11.4. The molecular weight excluding hydrogens is 248 g/mol. The fourth-order valence-electron chi connectivity index (χ4n) is 1.05. The van der Waals surface area contributed by atoms with E-state index in [9.17, 15) is 4.79 Å². The van der Waals surface area contributed by atoms with Crippen molar-refractivity contribution in [2.24, 2.45) is 0 Å². The van der Waals surface area contributed by atoms with E-state index in [4.69, 9.17) is 16.3 Å². The third-order valence-corrected chi connectivity index (χ3v) is 2.75. The molecule has 0 saturated carbocycles. The number of halogens is 1. The number of hydrogen-bond acceptors (Lipinski definition) is 4. The molecule has 1 amide bonds. The quantitative estimate of drug-likeness (QED) is 0.802. The van der Waals surface area contributed by atoms with Crippen LogP contribution >= 0.6 is 22.9 Å². The molecule has 0 atom stereocenters. The van der Waals surface area contributed by atoms with Crippen LogP contribution in [-0.4, -0.2) is 23.6 Å². The van der Waals surface area contributed by atoms with Crippen molar-refractivity contribution in [1.82, 2.24) is 4.98 Å². The van der Waals surface area contributed by atoms with Crippen molar-refractivity contribution in [2.75, 3.05) is 11.9 Å². The second-order valence-electron chi connectivity index (χ2n) is 3.54. The average Bonchev–Trinajstić information content (AvgIpc) is 2.58. The Bertz CT molecular complexity index is 341. The van der Waals surface area contributed by atoms with E-state index in [1.54, 1.807) is 0 Å². The first-order valence-electron chi connectivity index (χ1n) is 5.10. The Morgan fingerprint density at radius 2 is 2.44 bits per heavy atom. The molecule has 0 unspecified atom stereocenters. The SMILES string of the molecule is CC(C)OCCCC(=O)Nc1ncc(Cl)s1. The van der Waals surface area contributed by atoms with Crippen molar-refractivity contribution in [3.8, 4) is 0 Å². The van der Waals surface area contributed by atoms with Crippen LogP contribution in [0.15, 0.2) is 6.20 Å². The molecule has 0 radical (unpaired) electrons. The van der Waals surface area contributed by atoms with Crippen molar-refractivity contribution in [3.05, 3.63) is 10.5 Å². The van der Waals surface area contributed by atoms with Gasteiger partial charge in [-0.15, -0.1) is 0 Å². The number of hydrogen-bond donors (Lipinski definition) is 1. The third-order valence-electron chi connectivity index (χ3n) is 1.72. The molecule has 0 aliphatic heterocycles. The molecule has 0 aliphatic carbocycles. The Labute approximate surface area is 104 Å². The molecule has 0 aromatic carbocycles. The largest absolute Gasteiger partial charge is 0.379 e. The van der Waals surface area contributed by atoms with Gasteiger partial charge < -0.3 is 10.1 Å². The lowest BCUT2D eigenvalue weighted by atomic mass is 10.3. The first-order chi connectivity index (χ1) is 7.58. The Balaban J connectivity index is 2.16. The van der Waals surface area contributed by atoms with Gasteiger partial charge in [-0.3, -0.25) is 4.79 Å². The van der Waals surface area contributed by atoms with Gasteiger partial charge in [-0.1, -0.05) is 22.9 Å². The predicted octanol–water partition coefficient (Wildman–Crippen LogP) is 2.94. The van der Waals surface area contributed by atoms with Gasteiger partial charge in [0.25, 0.3) is 0 Å². The van der Waals surface area contributed by atoms with Crippen LogP contribution in [0.4, 0.5) is 5.13 Å². The molecule has 6 heteroatoms. The molecule has 1 rings (SSSR count). The summed E-state index contributed by atoms with van der Waals surface area (Å²) < 4.78 is 5.90. The number of ether oxygens (including phenoxy) is 1. The fraction of sp³-hybridized carbons (Fsp3) is 0.600. The number of thiazole rings is 1. The lowest BCUT2D eigenvalue weighted by molar-refractivity contribution is -0.116. The molecule has 90 valence electrons. The highest BCUT2D eigenvalue weighted by atomic mass is 35.5. The summed E-state index contributed by atoms with van der Waals surface area (Å²) in [6.07, 6.45) is 2.87. The van der Waals surface area contributed by atoms with E-state index in [-0.39, 0.29) is 12.0 Å². The number of carbonyl (C=O) groups excluding carboxylic acids is 1. The number of nitrogens with zero attached hydrogens (tertiary/aromatic N) is 1. The molecule has 0 saturated heterocycles. The normalized spacial score (nSPS) is 10.8. The maximum atomic E-state index is 11.4. The number of carbonyl (C=O) groups is 1. The van der Waals surface area contributed by atoms with Crippen molar-refractivity contribution in [1.29, 1.82) is 0 Å². The number of nitrogens with one attached hydrogen (secondary N) is 1. The minimum absolute atomic E-state index is 0.0571. The van der Waals surface area contributed by atoms with Gasteiger partial charge in [0.15, 0.2) is 5.13 Å². The Morgan fingerprint density at radius 3 is 3.00 bits per heavy atom. The number of anilines is 1. The second-order valence-corrected chi connectivity index (χ2v) is 5.20. The molecule has 4 nitrogen and oxygen atoms in total. The Morgan fingerprint density at radius 1 is 1.69 bits per heavy atom. The molecule has 0 spiro atoms. The molecule has 0 aliphatic rings. The molecule has 16 heavy (non-hydrogen) atoms. The minimum Gasteiger partial charge on any atom is -0.379 e. The van der Waals surface area contributed by atoms with Crippen LogP contribution in [0.5, 0.6) is 0 Å². The molecule has 0 bridgehead atoms. The van der Waals surface area contributed by atoms with Gasteiger partial charge in [0, 0.05) is 13.0 Å². The summed E-state index contributed by atoms with van der Waals surface area (Å²) in [5.74, 6) is -0.0571. The highest BCUT2D eigenvalue weighted by molar-refractivity contribution is 7.19. The molecule has 1 aromatic heterocycles. The molecule has 0 fully saturated rings. The second kappa shape index (κ2) is 6.83. The third kappa shape index (κ3) is 5.44. The Hall–Kier alpha value is -0.650. The fourth-order valence-corrected chi connectivity index (χ4v) is 1.87. The van der Waals surface area contributed by atoms with Crippen molar-refractivity contribution in [3.63, 3.8) is 0 Å². The van der Waals surface area contributed by atoms with Crippen molar-refractivity contribution < 1.29 is 9.53 Å². The first kappa shape index (κ1) is 13.4. The van der Waals surface area contributed by atoms with E-state index in [0.29, 0.717) is 28.9 Å². The maximum Gasteiger partial charge on any atom is 0.226 e. The smallest absolute Gasteiger partial charge is 0.226 e. The summed E-state index contributed by atoms with van der Waals surface area (Å²) in [7, 11) is 0. The van der Waals surface area contributed by atoms with Gasteiger partial charge in [0.05, 0.1) is 12.3 Å². The van der Waals surface area contributed by atoms with E-state index in [0.717, 1.165) is 0 Å². The molecule has 1 aromatic rings. The molecular formula is C10H15ClN2O2S. The van der Waals surface area contributed by atoms with Crippen LogP contribution < -0.4 is 5.32 Å². The topological polar surface area (TPSA) is 51.2 Å². The zero-order valence-corrected chi connectivity index (χ0v) is 10.9. The van der Waals surface area contributed by atoms with Gasteiger partial charge in [-0.25, -0.2) is 4.98 Å². The van der Waals surface area contributed by atoms with E-state index in [1.807, 2.05) is 13.8 Å². The van der Waals surface area contributed by atoms with Crippen LogP contribution in [0.2, 0.25) is 4.34 Å². The van der Waals surface area contributed by atoms with Crippen LogP contribution in [-0.2, 0) is 9.53 Å². The highest BCUT2D eigenvalue weighted by Crippen LogP contribution is 2.22. The predicted molar refractivity (Wildman–Crippen MR) is 66.1 cm³/mol. The standard InChI is InChI=1S/C10H15ClN2O2S/c1-7(2)15-5-3-4-9(14)13-10-12-6-8(11)16-10/h6-7H,3-5H2,1-2H3,(H,12,13,14). The number of amides is 1. The van der Waals surface area contributed by atoms with Crippen LogP contribution in [0.1, 0.15) is 26.7 Å². The summed E-state index contributed by atoms with van der Waals surface area (Å²) in [5.41, 5.74) is 0. The van der Waals surface area contributed by atoms with Crippen LogP contribution in [0, 0.1) is 0 Å². The van der Waals surface area contributed by atoms with Gasteiger partial charge in [0.2, 0.25) is 5.91 Å². The molecule has 1 N–H and O–H groups in total. The van der Waals surface area contributed by atoms with Crippen LogP contribution in [0.25, 0.3) is 0 Å². The summed E-state index contributed by atoms with van der Waals surface area (Å²) in [4.78, 5) is 15.4. The number of rotatable bonds is 6. The van der Waals surface area contributed by atoms with E-state index in [2.05, 4.69) is 10.3 Å². The van der Waals surface area contributed by atoms with Gasteiger partial charge in [-0.05, 0) is 20.3 Å². The Kier molecular flexibility index (Phi) is 5.73. The molecule has 1 heterocycles. The van der Waals surface area contributed by atoms with E-state index < -0.39 is 0 Å². The first-order valence-corrected chi connectivity index (χ1v) is 6.30. The lowest BCUT2D eigenvalue weighted by Crippen LogP contribution is -2.13. The lowest BCUT2D eigenvalue weighted by Gasteiger charge is -2.06. The number of aromatic nitrogens is 1. The van der Waals surface area contributed by atoms with Gasteiger partial charge in [0.1, 0.15) is 4.34 Å². The van der Waals surface area contributed by atoms with E-state index >= 15 is 0 Å². The summed E-state index contributed by atoms with van der Waals surface area (Å²) >= 11 is 6.94. The van der Waals surface area contributed by atoms with Crippen LogP contribution in [0.3, 0.4) is 0 Å². The minimum atomic E-state index is -0.0571. The van der Waals surface area contributed by atoms with E-state index in [1.165, 1.54) is 17.5 Å². The zero-order chi connectivity index (χ0) is 12.0. The average molecular weight is 263 g/mol.